The van der Waals surface area contributed by atoms with Gasteiger partial charge in [0, 0.05) is 26.2 Å². The number of likely N-dealkylation sites (tertiary alicyclic amines) is 1. The number of hydrogen-bond donors (Lipinski definition) is 1. The molecular weight excluding hydrogens is 394 g/mol. The predicted octanol–water partition coefficient (Wildman–Crippen LogP) is 1.33. The number of nitrogens with one attached hydrogen (secondary N) is 1. The number of hydrogen-bond acceptors (Lipinski definition) is 7. The normalized spacial score (nSPS) is 23.6. The molecule has 9 nitrogen and oxygen atoms in total. The predicted molar refractivity (Wildman–Crippen MR) is 109 cm³/mol. The van der Waals surface area contributed by atoms with Crippen molar-refractivity contribution in [1.82, 2.24) is 24.7 Å². The molecule has 10 heteroatoms. The molecule has 0 aromatic carbocycles. The van der Waals surface area contributed by atoms with Crippen molar-refractivity contribution in [3.8, 4) is 0 Å². The maximum Gasteiger partial charge on any atom is 0.244 e. The van der Waals surface area contributed by atoms with Crippen LogP contribution < -0.4 is 5.32 Å². The van der Waals surface area contributed by atoms with Crippen LogP contribution in [-0.4, -0.2) is 72.7 Å². The summed E-state index contributed by atoms with van der Waals surface area (Å²) in [6.07, 6.45) is 3.59. The first kappa shape index (κ1) is 22.2. The Morgan fingerprint density at radius 3 is 2.48 bits per heavy atom. The molecule has 3 heterocycles. The molecule has 164 valence electrons. The third kappa shape index (κ3) is 5.55. The van der Waals surface area contributed by atoms with Gasteiger partial charge in [-0.3, -0.25) is 9.69 Å². The topological polar surface area (TPSA) is 109 Å². The molecule has 1 spiro atoms. The second-order valence-corrected chi connectivity index (χ2v) is 11.8. The van der Waals surface area contributed by atoms with Crippen LogP contribution in [0.1, 0.15) is 57.8 Å². The van der Waals surface area contributed by atoms with Crippen molar-refractivity contribution >= 4 is 15.9 Å². The van der Waals surface area contributed by atoms with Gasteiger partial charge in [-0.05, 0) is 37.0 Å². The Balaban J connectivity index is 1.72. The maximum absolute atomic E-state index is 12.6. The van der Waals surface area contributed by atoms with E-state index in [1.165, 1.54) is 6.26 Å². The third-order valence-electron chi connectivity index (χ3n) is 5.85. The molecule has 0 radical (unpaired) electrons. The quantitative estimate of drug-likeness (QED) is 0.755. The number of carbonyl (C=O) groups is 1. The summed E-state index contributed by atoms with van der Waals surface area (Å²) < 4.78 is 30.7. The van der Waals surface area contributed by atoms with Gasteiger partial charge in [-0.1, -0.05) is 25.9 Å². The molecule has 1 atom stereocenters. The van der Waals surface area contributed by atoms with Crippen LogP contribution in [0.5, 0.6) is 0 Å². The van der Waals surface area contributed by atoms with E-state index in [1.807, 2.05) is 0 Å². The standard InChI is InChI=1S/C19H33N5O4S/c1-14-21-17(28-22-14)15-10-19(6-8-24(9-7-19)29(5,26)27)13-23(15)11-16(25)20-12-18(2,3)4/h15H,6-13H2,1-5H3,(H,20,25). The Morgan fingerprint density at radius 1 is 1.31 bits per heavy atom. The van der Waals surface area contributed by atoms with Gasteiger partial charge in [-0.2, -0.15) is 4.98 Å². The van der Waals surface area contributed by atoms with Gasteiger partial charge in [0.25, 0.3) is 0 Å². The lowest BCUT2D eigenvalue weighted by Crippen LogP contribution is -2.45. The highest BCUT2D eigenvalue weighted by atomic mass is 32.2. The van der Waals surface area contributed by atoms with Gasteiger partial charge in [0.15, 0.2) is 5.82 Å². The average molecular weight is 428 g/mol. The Bertz CT molecular complexity index is 837. The van der Waals surface area contributed by atoms with E-state index in [9.17, 15) is 13.2 Å². The van der Waals surface area contributed by atoms with Gasteiger partial charge >= 0.3 is 0 Å². The summed E-state index contributed by atoms with van der Waals surface area (Å²) in [5, 5.41) is 6.93. The SMILES string of the molecule is Cc1noc(C2CC3(CCN(S(C)(=O)=O)CC3)CN2CC(=O)NCC(C)(C)C)n1. The van der Waals surface area contributed by atoms with Gasteiger partial charge in [0.05, 0.1) is 18.8 Å². The summed E-state index contributed by atoms with van der Waals surface area (Å²) in [5.41, 5.74) is -0.0259. The Hall–Kier alpha value is -1.52. The van der Waals surface area contributed by atoms with Crippen molar-refractivity contribution in [3.63, 3.8) is 0 Å². The summed E-state index contributed by atoms with van der Waals surface area (Å²) in [6, 6.07) is -0.124. The molecule has 2 aliphatic rings. The van der Waals surface area contributed by atoms with E-state index in [0.717, 1.165) is 25.8 Å². The Kier molecular flexibility index (Phi) is 6.08. The molecule has 1 unspecified atom stereocenters. The van der Waals surface area contributed by atoms with Crippen molar-refractivity contribution in [1.29, 1.82) is 0 Å². The third-order valence-corrected chi connectivity index (χ3v) is 7.15. The molecule has 0 bridgehead atoms. The number of aromatic nitrogens is 2. The van der Waals surface area contributed by atoms with Crippen LogP contribution in [0.4, 0.5) is 0 Å². The van der Waals surface area contributed by atoms with Crippen molar-refractivity contribution in [3.05, 3.63) is 11.7 Å². The maximum atomic E-state index is 12.6. The highest BCUT2D eigenvalue weighted by molar-refractivity contribution is 7.88. The van der Waals surface area contributed by atoms with E-state index < -0.39 is 10.0 Å². The fourth-order valence-corrected chi connectivity index (χ4v) is 5.11. The first-order valence-electron chi connectivity index (χ1n) is 10.1. The lowest BCUT2D eigenvalue weighted by Gasteiger charge is -2.38. The van der Waals surface area contributed by atoms with Gasteiger partial charge in [-0.15, -0.1) is 0 Å². The van der Waals surface area contributed by atoms with Gasteiger partial charge in [0.2, 0.25) is 21.8 Å². The average Bonchev–Trinajstić information content (AvgIpc) is 3.16. The zero-order valence-corrected chi connectivity index (χ0v) is 18.9. The molecule has 2 aliphatic heterocycles. The lowest BCUT2D eigenvalue weighted by molar-refractivity contribution is -0.123. The monoisotopic (exact) mass is 427 g/mol. The highest BCUT2D eigenvalue weighted by Gasteiger charge is 2.49. The summed E-state index contributed by atoms with van der Waals surface area (Å²) in [6.45, 7) is 10.6. The van der Waals surface area contributed by atoms with Crippen LogP contribution in [0.25, 0.3) is 0 Å². The minimum atomic E-state index is -3.17. The molecule has 0 saturated carbocycles. The molecular formula is C19H33N5O4S. The zero-order chi connectivity index (χ0) is 21.4. The second-order valence-electron chi connectivity index (χ2n) is 9.80. The van der Waals surface area contributed by atoms with E-state index in [2.05, 4.69) is 41.1 Å². The van der Waals surface area contributed by atoms with Crippen LogP contribution in [0.3, 0.4) is 0 Å². The fourth-order valence-electron chi connectivity index (χ4n) is 4.26. The molecule has 1 N–H and O–H groups in total. The number of carbonyl (C=O) groups excluding carboxylic acids is 1. The van der Waals surface area contributed by atoms with Crippen molar-refractivity contribution in [2.45, 2.75) is 53.0 Å². The van der Waals surface area contributed by atoms with Crippen molar-refractivity contribution < 1.29 is 17.7 Å². The summed E-state index contributed by atoms with van der Waals surface area (Å²) >= 11 is 0. The number of amides is 1. The first-order chi connectivity index (χ1) is 13.4. The highest BCUT2D eigenvalue weighted by Crippen LogP contribution is 2.48. The number of piperidine rings is 1. The van der Waals surface area contributed by atoms with Crippen LogP contribution >= 0.6 is 0 Å². The molecule has 29 heavy (non-hydrogen) atoms. The summed E-state index contributed by atoms with van der Waals surface area (Å²) in [4.78, 5) is 19.1. The van der Waals surface area contributed by atoms with Gasteiger partial charge < -0.3 is 9.84 Å². The van der Waals surface area contributed by atoms with Crippen molar-refractivity contribution in [2.24, 2.45) is 10.8 Å². The molecule has 1 amide bonds. The van der Waals surface area contributed by atoms with Gasteiger partial charge in [0.1, 0.15) is 0 Å². The molecule has 1 aromatic heterocycles. The van der Waals surface area contributed by atoms with Crippen LogP contribution in [0.2, 0.25) is 0 Å². The smallest absolute Gasteiger partial charge is 0.244 e. The van der Waals surface area contributed by atoms with Crippen LogP contribution in [-0.2, 0) is 14.8 Å². The minimum absolute atomic E-state index is 0.0172. The Morgan fingerprint density at radius 2 is 1.97 bits per heavy atom. The van der Waals surface area contributed by atoms with E-state index in [4.69, 9.17) is 4.52 Å². The van der Waals surface area contributed by atoms with E-state index >= 15 is 0 Å². The van der Waals surface area contributed by atoms with Crippen LogP contribution in [0.15, 0.2) is 4.52 Å². The van der Waals surface area contributed by atoms with Crippen LogP contribution in [0, 0.1) is 17.8 Å². The zero-order valence-electron chi connectivity index (χ0n) is 18.1. The van der Waals surface area contributed by atoms with Crippen molar-refractivity contribution in [2.75, 3.05) is 39.0 Å². The molecule has 2 saturated heterocycles. The minimum Gasteiger partial charge on any atom is -0.354 e. The number of nitrogens with zero attached hydrogens (tertiary/aromatic N) is 4. The number of aryl methyl sites for hydroxylation is 1. The largest absolute Gasteiger partial charge is 0.354 e. The van der Waals surface area contributed by atoms with E-state index in [-0.39, 0.29) is 29.3 Å². The number of sulfonamides is 1. The molecule has 3 rings (SSSR count). The first-order valence-corrected chi connectivity index (χ1v) is 12.0. The number of rotatable bonds is 5. The van der Waals surface area contributed by atoms with Gasteiger partial charge in [-0.25, -0.2) is 12.7 Å². The van der Waals surface area contributed by atoms with E-state index in [1.54, 1.807) is 11.2 Å². The molecule has 1 aromatic rings. The van der Waals surface area contributed by atoms with E-state index in [0.29, 0.717) is 31.3 Å². The Labute approximate surface area is 173 Å². The lowest BCUT2D eigenvalue weighted by atomic mass is 9.77. The summed E-state index contributed by atoms with van der Waals surface area (Å²) in [7, 11) is -3.17. The molecule has 2 fully saturated rings. The summed E-state index contributed by atoms with van der Waals surface area (Å²) in [5.74, 6) is 1.09. The molecule has 0 aliphatic carbocycles. The second kappa shape index (κ2) is 7.96. The fraction of sp³-hybridized carbons (Fsp3) is 0.842.